The second-order valence-electron chi connectivity index (χ2n) is 5.23. The Balaban J connectivity index is 1.93. The Labute approximate surface area is 133 Å². The summed E-state index contributed by atoms with van der Waals surface area (Å²) in [6, 6.07) is 15.9. The van der Waals surface area contributed by atoms with E-state index in [1.807, 2.05) is 48.5 Å². The van der Waals surface area contributed by atoms with Crippen molar-refractivity contribution in [2.75, 3.05) is 10.6 Å². The van der Waals surface area contributed by atoms with Gasteiger partial charge in [-0.3, -0.25) is 4.79 Å². The lowest BCUT2D eigenvalue weighted by Gasteiger charge is -2.11. The van der Waals surface area contributed by atoms with Crippen LogP contribution in [0.5, 0.6) is 0 Å². The molecule has 1 amide bonds. The van der Waals surface area contributed by atoms with Crippen LogP contribution in [0.15, 0.2) is 53.0 Å². The van der Waals surface area contributed by atoms with Gasteiger partial charge < -0.3 is 10.6 Å². The van der Waals surface area contributed by atoms with Crippen molar-refractivity contribution in [3.05, 3.63) is 58.6 Å². The Bertz CT molecular complexity index is 608. The first kappa shape index (κ1) is 15.6. The maximum Gasteiger partial charge on any atom is 0.228 e. The standard InChI is InChI=1S/C17H19BrN2O/c1-12(2)19-15-6-8-16(9-7-15)20-17(21)11-13-4-3-5-14(18)10-13/h3-10,12,19H,11H2,1-2H3,(H,20,21). The van der Waals surface area contributed by atoms with Gasteiger partial charge >= 0.3 is 0 Å². The van der Waals surface area contributed by atoms with Crippen molar-refractivity contribution in [3.8, 4) is 0 Å². The second-order valence-corrected chi connectivity index (χ2v) is 6.15. The molecule has 0 bridgehead atoms. The van der Waals surface area contributed by atoms with Crippen LogP contribution in [0.1, 0.15) is 19.4 Å². The minimum absolute atomic E-state index is 0.0160. The Hall–Kier alpha value is -1.81. The van der Waals surface area contributed by atoms with Crippen molar-refractivity contribution in [2.24, 2.45) is 0 Å². The minimum atomic E-state index is -0.0160. The van der Waals surface area contributed by atoms with Gasteiger partial charge in [0.1, 0.15) is 0 Å². The van der Waals surface area contributed by atoms with Gasteiger partial charge in [-0.25, -0.2) is 0 Å². The zero-order valence-corrected chi connectivity index (χ0v) is 13.8. The van der Waals surface area contributed by atoms with Crippen LogP contribution >= 0.6 is 15.9 Å². The molecule has 0 unspecified atom stereocenters. The summed E-state index contributed by atoms with van der Waals surface area (Å²) in [5, 5.41) is 6.22. The second kappa shape index (κ2) is 7.27. The lowest BCUT2D eigenvalue weighted by molar-refractivity contribution is -0.115. The van der Waals surface area contributed by atoms with Crippen molar-refractivity contribution < 1.29 is 4.79 Å². The van der Waals surface area contributed by atoms with Gasteiger partial charge in [-0.2, -0.15) is 0 Å². The van der Waals surface area contributed by atoms with Crippen molar-refractivity contribution in [2.45, 2.75) is 26.3 Å². The molecule has 0 aromatic heterocycles. The summed E-state index contributed by atoms with van der Waals surface area (Å²) in [5.74, 6) is -0.0160. The van der Waals surface area contributed by atoms with E-state index in [4.69, 9.17) is 0 Å². The quantitative estimate of drug-likeness (QED) is 0.839. The van der Waals surface area contributed by atoms with Crippen molar-refractivity contribution in [3.63, 3.8) is 0 Å². The highest BCUT2D eigenvalue weighted by Gasteiger charge is 2.05. The fourth-order valence-electron chi connectivity index (χ4n) is 2.02. The van der Waals surface area contributed by atoms with E-state index in [0.717, 1.165) is 21.4 Å². The smallest absolute Gasteiger partial charge is 0.228 e. The first-order valence-electron chi connectivity index (χ1n) is 6.94. The summed E-state index contributed by atoms with van der Waals surface area (Å²) in [7, 11) is 0. The molecule has 0 heterocycles. The van der Waals surface area contributed by atoms with Gasteiger partial charge in [0.15, 0.2) is 0 Å². The zero-order valence-electron chi connectivity index (χ0n) is 12.2. The summed E-state index contributed by atoms with van der Waals surface area (Å²) in [4.78, 5) is 12.0. The molecule has 4 heteroatoms. The van der Waals surface area contributed by atoms with Crippen LogP contribution in [-0.2, 0) is 11.2 Å². The van der Waals surface area contributed by atoms with Gasteiger partial charge in [-0.05, 0) is 55.8 Å². The Kier molecular flexibility index (Phi) is 5.39. The predicted molar refractivity (Wildman–Crippen MR) is 91.7 cm³/mol. The van der Waals surface area contributed by atoms with E-state index in [2.05, 4.69) is 40.4 Å². The summed E-state index contributed by atoms with van der Waals surface area (Å²) in [6.45, 7) is 4.18. The van der Waals surface area contributed by atoms with Gasteiger partial charge in [0.25, 0.3) is 0 Å². The van der Waals surface area contributed by atoms with Crippen LogP contribution in [0.25, 0.3) is 0 Å². The van der Waals surface area contributed by atoms with Crippen LogP contribution in [0, 0.1) is 0 Å². The first-order chi connectivity index (χ1) is 10.0. The maximum atomic E-state index is 12.0. The van der Waals surface area contributed by atoms with Gasteiger partial charge in [0.05, 0.1) is 6.42 Å². The molecule has 0 aliphatic heterocycles. The van der Waals surface area contributed by atoms with E-state index in [1.54, 1.807) is 0 Å². The molecular weight excluding hydrogens is 328 g/mol. The van der Waals surface area contributed by atoms with Crippen molar-refractivity contribution in [1.82, 2.24) is 0 Å². The normalized spacial score (nSPS) is 10.5. The van der Waals surface area contributed by atoms with Gasteiger partial charge in [-0.15, -0.1) is 0 Å². The SMILES string of the molecule is CC(C)Nc1ccc(NC(=O)Cc2cccc(Br)c2)cc1. The lowest BCUT2D eigenvalue weighted by atomic mass is 10.1. The molecule has 0 saturated heterocycles. The number of carbonyl (C=O) groups excluding carboxylic acids is 1. The molecule has 0 atom stereocenters. The van der Waals surface area contributed by atoms with Crippen molar-refractivity contribution >= 4 is 33.2 Å². The van der Waals surface area contributed by atoms with Gasteiger partial charge in [0.2, 0.25) is 5.91 Å². The van der Waals surface area contributed by atoms with E-state index in [-0.39, 0.29) is 5.91 Å². The van der Waals surface area contributed by atoms with E-state index in [9.17, 15) is 4.79 Å². The monoisotopic (exact) mass is 346 g/mol. The summed E-state index contributed by atoms with van der Waals surface area (Å²) in [5.41, 5.74) is 2.85. The largest absolute Gasteiger partial charge is 0.383 e. The molecular formula is C17H19BrN2O. The fourth-order valence-corrected chi connectivity index (χ4v) is 2.47. The number of benzene rings is 2. The highest BCUT2D eigenvalue weighted by Crippen LogP contribution is 2.16. The third-order valence-electron chi connectivity index (χ3n) is 2.88. The minimum Gasteiger partial charge on any atom is -0.383 e. The predicted octanol–water partition coefficient (Wildman–Crippen LogP) is 4.45. The molecule has 2 rings (SSSR count). The summed E-state index contributed by atoms with van der Waals surface area (Å²) >= 11 is 3.41. The molecule has 3 nitrogen and oxygen atoms in total. The molecule has 0 radical (unpaired) electrons. The molecule has 0 spiro atoms. The average Bonchev–Trinajstić information content (AvgIpc) is 2.40. The van der Waals surface area contributed by atoms with Crippen LogP contribution in [0.4, 0.5) is 11.4 Å². The van der Waals surface area contributed by atoms with E-state index >= 15 is 0 Å². The van der Waals surface area contributed by atoms with Crippen LogP contribution in [-0.4, -0.2) is 11.9 Å². The molecule has 0 aliphatic carbocycles. The molecule has 0 aliphatic rings. The summed E-state index contributed by atoms with van der Waals surface area (Å²) in [6.07, 6.45) is 0.367. The molecule has 2 aromatic rings. The number of hydrogen-bond donors (Lipinski definition) is 2. The van der Waals surface area contributed by atoms with E-state index in [0.29, 0.717) is 12.5 Å². The third-order valence-corrected chi connectivity index (χ3v) is 3.37. The number of halogens is 1. The van der Waals surface area contributed by atoms with Crippen molar-refractivity contribution in [1.29, 1.82) is 0 Å². The van der Waals surface area contributed by atoms with Gasteiger partial charge in [0, 0.05) is 21.9 Å². The Morgan fingerprint density at radius 2 is 1.76 bits per heavy atom. The Morgan fingerprint density at radius 3 is 2.38 bits per heavy atom. The first-order valence-corrected chi connectivity index (χ1v) is 7.73. The van der Waals surface area contributed by atoms with E-state index in [1.165, 1.54) is 0 Å². The van der Waals surface area contributed by atoms with Crippen LogP contribution < -0.4 is 10.6 Å². The lowest BCUT2D eigenvalue weighted by Crippen LogP contribution is -2.14. The van der Waals surface area contributed by atoms with Gasteiger partial charge in [-0.1, -0.05) is 28.1 Å². The third kappa shape index (κ3) is 5.23. The molecule has 0 fully saturated rings. The van der Waals surface area contributed by atoms with Crippen LogP contribution in [0.3, 0.4) is 0 Å². The molecule has 2 aromatic carbocycles. The summed E-state index contributed by atoms with van der Waals surface area (Å²) < 4.78 is 0.983. The van der Waals surface area contributed by atoms with E-state index < -0.39 is 0 Å². The molecule has 110 valence electrons. The molecule has 0 saturated carbocycles. The number of nitrogens with one attached hydrogen (secondary N) is 2. The Morgan fingerprint density at radius 1 is 1.10 bits per heavy atom. The number of rotatable bonds is 5. The molecule has 2 N–H and O–H groups in total. The molecule has 21 heavy (non-hydrogen) atoms. The topological polar surface area (TPSA) is 41.1 Å². The van der Waals surface area contributed by atoms with Crippen LogP contribution in [0.2, 0.25) is 0 Å². The zero-order chi connectivity index (χ0) is 15.2. The number of carbonyl (C=O) groups is 1. The fraction of sp³-hybridized carbons (Fsp3) is 0.235. The number of amides is 1. The average molecular weight is 347 g/mol. The highest BCUT2D eigenvalue weighted by molar-refractivity contribution is 9.10. The maximum absolute atomic E-state index is 12.0. The highest BCUT2D eigenvalue weighted by atomic mass is 79.9. The number of anilines is 2. The number of hydrogen-bond acceptors (Lipinski definition) is 2.